The van der Waals surface area contributed by atoms with E-state index < -0.39 is 0 Å². The zero-order valence-corrected chi connectivity index (χ0v) is 17.4. The SMILES string of the molecule is CCNC(=NCc1ncc(C)s1)NCC1(c2ccccc2OC)CCCC1. The Labute approximate surface area is 166 Å². The van der Waals surface area contributed by atoms with E-state index in [0.717, 1.165) is 29.8 Å². The Morgan fingerprint density at radius 1 is 1.26 bits per heavy atom. The molecule has 2 N–H and O–H groups in total. The molecule has 1 fully saturated rings. The van der Waals surface area contributed by atoms with Crippen molar-refractivity contribution in [1.82, 2.24) is 15.6 Å². The van der Waals surface area contributed by atoms with E-state index in [0.29, 0.717) is 6.54 Å². The van der Waals surface area contributed by atoms with Crippen molar-refractivity contribution in [2.45, 2.75) is 51.5 Å². The van der Waals surface area contributed by atoms with Gasteiger partial charge in [-0.25, -0.2) is 9.98 Å². The molecular formula is C21H30N4OS. The van der Waals surface area contributed by atoms with Crippen molar-refractivity contribution in [2.75, 3.05) is 20.2 Å². The average molecular weight is 387 g/mol. The van der Waals surface area contributed by atoms with Gasteiger partial charge in [-0.05, 0) is 32.8 Å². The third-order valence-electron chi connectivity index (χ3n) is 5.22. The number of thiazole rings is 1. The standard InChI is InChI=1S/C21H30N4OS/c1-4-22-20(24-14-19-23-13-16(2)27-19)25-15-21(11-7-8-12-21)17-9-5-6-10-18(17)26-3/h5-6,9-10,13H,4,7-8,11-12,14-15H2,1-3H3,(H2,22,24,25). The molecule has 0 bridgehead atoms. The van der Waals surface area contributed by atoms with Gasteiger partial charge in [0.25, 0.3) is 0 Å². The average Bonchev–Trinajstić information content (AvgIpc) is 3.34. The molecule has 27 heavy (non-hydrogen) atoms. The molecule has 0 saturated heterocycles. The Kier molecular flexibility index (Phi) is 6.72. The van der Waals surface area contributed by atoms with E-state index in [9.17, 15) is 0 Å². The molecule has 1 aromatic heterocycles. The fourth-order valence-electron chi connectivity index (χ4n) is 3.89. The second-order valence-corrected chi connectivity index (χ2v) is 8.42. The number of nitrogens with one attached hydrogen (secondary N) is 2. The van der Waals surface area contributed by atoms with E-state index in [1.807, 2.05) is 12.3 Å². The van der Waals surface area contributed by atoms with Crippen LogP contribution in [0.5, 0.6) is 5.75 Å². The van der Waals surface area contributed by atoms with Crippen LogP contribution in [0.25, 0.3) is 0 Å². The minimum atomic E-state index is 0.0978. The number of aryl methyl sites for hydroxylation is 1. The molecule has 3 rings (SSSR count). The van der Waals surface area contributed by atoms with Gasteiger partial charge in [-0.15, -0.1) is 11.3 Å². The van der Waals surface area contributed by atoms with Crippen LogP contribution in [-0.2, 0) is 12.0 Å². The van der Waals surface area contributed by atoms with Crippen LogP contribution in [0.1, 0.15) is 48.1 Å². The number of guanidine groups is 1. The summed E-state index contributed by atoms with van der Waals surface area (Å²) in [6.07, 6.45) is 6.76. The van der Waals surface area contributed by atoms with E-state index in [2.05, 4.69) is 47.7 Å². The van der Waals surface area contributed by atoms with E-state index in [1.165, 1.54) is 36.1 Å². The molecule has 1 heterocycles. The Morgan fingerprint density at radius 2 is 2.04 bits per heavy atom. The van der Waals surface area contributed by atoms with Crippen molar-refractivity contribution in [3.63, 3.8) is 0 Å². The summed E-state index contributed by atoms with van der Waals surface area (Å²) < 4.78 is 5.66. The van der Waals surface area contributed by atoms with Crippen molar-refractivity contribution < 1.29 is 4.74 Å². The summed E-state index contributed by atoms with van der Waals surface area (Å²) in [4.78, 5) is 10.4. The number of benzene rings is 1. The summed E-state index contributed by atoms with van der Waals surface area (Å²) in [5.41, 5.74) is 1.41. The number of para-hydroxylation sites is 1. The molecule has 0 aliphatic heterocycles. The Bertz CT molecular complexity index is 765. The highest BCUT2D eigenvalue weighted by molar-refractivity contribution is 7.11. The largest absolute Gasteiger partial charge is 0.496 e. The maximum Gasteiger partial charge on any atom is 0.191 e. The van der Waals surface area contributed by atoms with Gasteiger partial charge in [0.1, 0.15) is 10.8 Å². The minimum absolute atomic E-state index is 0.0978. The van der Waals surface area contributed by atoms with E-state index >= 15 is 0 Å². The lowest BCUT2D eigenvalue weighted by atomic mass is 9.78. The fourth-order valence-corrected chi connectivity index (χ4v) is 4.60. The van der Waals surface area contributed by atoms with Crippen LogP contribution < -0.4 is 15.4 Å². The first-order valence-corrected chi connectivity index (χ1v) is 10.6. The molecule has 0 spiro atoms. The van der Waals surface area contributed by atoms with Gasteiger partial charge in [-0.2, -0.15) is 0 Å². The third-order valence-corrected chi connectivity index (χ3v) is 6.12. The number of hydrogen-bond donors (Lipinski definition) is 2. The Morgan fingerprint density at radius 3 is 2.70 bits per heavy atom. The first-order chi connectivity index (χ1) is 13.2. The van der Waals surface area contributed by atoms with Crippen LogP contribution in [0, 0.1) is 6.92 Å². The van der Waals surface area contributed by atoms with Gasteiger partial charge in [-0.1, -0.05) is 31.0 Å². The number of hydrogen-bond acceptors (Lipinski definition) is 4. The fraction of sp³-hybridized carbons (Fsp3) is 0.524. The van der Waals surface area contributed by atoms with Crippen molar-refractivity contribution in [3.8, 4) is 5.75 Å². The second kappa shape index (κ2) is 9.22. The van der Waals surface area contributed by atoms with Gasteiger partial charge >= 0.3 is 0 Å². The zero-order valence-electron chi connectivity index (χ0n) is 16.5. The molecule has 6 heteroatoms. The van der Waals surface area contributed by atoms with Crippen LogP contribution in [0.4, 0.5) is 0 Å². The third kappa shape index (κ3) is 4.80. The lowest BCUT2D eigenvalue weighted by Crippen LogP contribution is -2.44. The molecule has 146 valence electrons. The predicted molar refractivity (Wildman–Crippen MR) is 113 cm³/mol. The van der Waals surface area contributed by atoms with Gasteiger partial charge in [0.2, 0.25) is 0 Å². The van der Waals surface area contributed by atoms with Crippen LogP contribution in [0.3, 0.4) is 0 Å². The number of nitrogens with zero attached hydrogens (tertiary/aromatic N) is 2. The van der Waals surface area contributed by atoms with Gasteiger partial charge in [-0.3, -0.25) is 0 Å². The summed E-state index contributed by atoms with van der Waals surface area (Å²) in [6, 6.07) is 8.44. The lowest BCUT2D eigenvalue weighted by Gasteiger charge is -2.32. The topological polar surface area (TPSA) is 58.5 Å². The molecule has 1 aliphatic rings. The minimum Gasteiger partial charge on any atom is -0.496 e. The molecule has 0 amide bonds. The number of methoxy groups -OCH3 is 1. The quantitative estimate of drug-likeness (QED) is 0.557. The van der Waals surface area contributed by atoms with Crippen LogP contribution in [-0.4, -0.2) is 31.1 Å². The van der Waals surface area contributed by atoms with Crippen LogP contribution >= 0.6 is 11.3 Å². The van der Waals surface area contributed by atoms with Crippen molar-refractivity contribution in [3.05, 3.63) is 45.9 Å². The highest BCUT2D eigenvalue weighted by atomic mass is 32.1. The second-order valence-electron chi connectivity index (χ2n) is 7.10. The van der Waals surface area contributed by atoms with Crippen LogP contribution in [0.2, 0.25) is 0 Å². The first kappa shape index (κ1) is 19.7. The normalized spacial score (nSPS) is 16.3. The molecule has 0 atom stereocenters. The Hall–Kier alpha value is -2.08. The monoisotopic (exact) mass is 386 g/mol. The van der Waals surface area contributed by atoms with Crippen molar-refractivity contribution in [2.24, 2.45) is 4.99 Å². The van der Waals surface area contributed by atoms with Crippen molar-refractivity contribution in [1.29, 1.82) is 0 Å². The van der Waals surface area contributed by atoms with E-state index in [-0.39, 0.29) is 5.41 Å². The first-order valence-electron chi connectivity index (χ1n) is 9.74. The zero-order chi connectivity index (χ0) is 19.1. The number of rotatable bonds is 7. The van der Waals surface area contributed by atoms with Crippen molar-refractivity contribution >= 4 is 17.3 Å². The highest BCUT2D eigenvalue weighted by Gasteiger charge is 2.37. The molecular weight excluding hydrogens is 356 g/mol. The molecule has 1 aliphatic carbocycles. The predicted octanol–water partition coefficient (Wildman–Crippen LogP) is 4.03. The summed E-state index contributed by atoms with van der Waals surface area (Å²) in [6.45, 7) is 6.47. The molecule has 1 aromatic carbocycles. The highest BCUT2D eigenvalue weighted by Crippen LogP contribution is 2.44. The van der Waals surface area contributed by atoms with Gasteiger partial charge in [0, 0.05) is 35.1 Å². The van der Waals surface area contributed by atoms with Gasteiger partial charge in [0.15, 0.2) is 5.96 Å². The van der Waals surface area contributed by atoms with E-state index in [4.69, 9.17) is 9.73 Å². The smallest absolute Gasteiger partial charge is 0.191 e. The maximum atomic E-state index is 5.66. The molecule has 2 aromatic rings. The number of ether oxygens (including phenoxy) is 1. The summed E-state index contributed by atoms with van der Waals surface area (Å²) in [7, 11) is 1.76. The van der Waals surface area contributed by atoms with Gasteiger partial charge < -0.3 is 15.4 Å². The van der Waals surface area contributed by atoms with E-state index in [1.54, 1.807) is 18.4 Å². The number of aliphatic imine (C=N–C) groups is 1. The van der Waals surface area contributed by atoms with Gasteiger partial charge in [0.05, 0.1) is 13.7 Å². The molecule has 5 nitrogen and oxygen atoms in total. The molecule has 0 radical (unpaired) electrons. The molecule has 0 unspecified atom stereocenters. The summed E-state index contributed by atoms with van der Waals surface area (Å²) in [5.74, 6) is 1.84. The van der Waals surface area contributed by atoms with Crippen LogP contribution in [0.15, 0.2) is 35.5 Å². The summed E-state index contributed by atoms with van der Waals surface area (Å²) >= 11 is 1.70. The maximum absolute atomic E-state index is 5.66. The lowest BCUT2D eigenvalue weighted by molar-refractivity contribution is 0.371. The Balaban J connectivity index is 1.75. The summed E-state index contributed by atoms with van der Waals surface area (Å²) in [5, 5.41) is 8.00. The molecule has 1 saturated carbocycles. The number of aromatic nitrogens is 1.